The summed E-state index contributed by atoms with van der Waals surface area (Å²) in [6.45, 7) is 0.467. The lowest BCUT2D eigenvalue weighted by molar-refractivity contribution is 0.976. The van der Waals surface area contributed by atoms with Gasteiger partial charge >= 0.3 is 0 Å². The summed E-state index contributed by atoms with van der Waals surface area (Å²) < 4.78 is 0. The van der Waals surface area contributed by atoms with Gasteiger partial charge in [-0.05, 0) is 36.4 Å². The van der Waals surface area contributed by atoms with Crippen molar-refractivity contribution in [2.24, 2.45) is 5.73 Å². The number of nitrogens with two attached hydrogens (primary N) is 1. The van der Waals surface area contributed by atoms with Crippen molar-refractivity contribution in [1.82, 2.24) is 4.98 Å². The number of pyridine rings is 1. The Hall–Kier alpha value is -1.03. The minimum atomic E-state index is 0.467. The summed E-state index contributed by atoms with van der Waals surface area (Å²) in [6, 6.07) is 11.7. The molecule has 4 heteroatoms. The van der Waals surface area contributed by atoms with Crippen LogP contribution in [-0.2, 0) is 6.54 Å². The Bertz CT molecular complexity index is 471. The molecule has 0 saturated heterocycles. The first-order chi connectivity index (χ1) is 7.78. The van der Waals surface area contributed by atoms with Gasteiger partial charge in [0.05, 0.1) is 5.69 Å². The number of hydrogen-bond donors (Lipinski definition) is 1. The maximum atomic E-state index is 5.83. The molecule has 2 nitrogen and oxygen atoms in total. The molecule has 0 aliphatic heterocycles. The number of benzene rings is 1. The van der Waals surface area contributed by atoms with Crippen LogP contribution in [0.2, 0.25) is 5.02 Å². The Morgan fingerprint density at radius 1 is 1.12 bits per heavy atom. The van der Waals surface area contributed by atoms with Gasteiger partial charge in [-0.15, -0.1) is 0 Å². The van der Waals surface area contributed by atoms with Gasteiger partial charge in [0.25, 0.3) is 0 Å². The highest BCUT2D eigenvalue weighted by Crippen LogP contribution is 2.28. The summed E-state index contributed by atoms with van der Waals surface area (Å²) in [7, 11) is 0. The van der Waals surface area contributed by atoms with Crippen LogP contribution in [0.15, 0.2) is 52.4 Å². The third-order valence-corrected chi connectivity index (χ3v) is 3.30. The van der Waals surface area contributed by atoms with Gasteiger partial charge < -0.3 is 5.73 Å². The minimum Gasteiger partial charge on any atom is -0.325 e. The molecule has 1 aromatic carbocycles. The molecule has 2 aromatic rings. The predicted molar refractivity (Wildman–Crippen MR) is 67.7 cm³/mol. The molecule has 0 spiro atoms. The molecular formula is C12H11ClN2S. The number of halogens is 1. The molecule has 16 heavy (non-hydrogen) atoms. The van der Waals surface area contributed by atoms with E-state index in [-0.39, 0.29) is 0 Å². The van der Waals surface area contributed by atoms with Gasteiger partial charge in [-0.3, -0.25) is 4.98 Å². The molecule has 0 atom stereocenters. The SMILES string of the molecule is NCc1cc(Sc2ccc(Cl)cc2)ccn1. The number of rotatable bonds is 3. The van der Waals surface area contributed by atoms with Crippen LogP contribution in [0.25, 0.3) is 0 Å². The average Bonchev–Trinajstić information content (AvgIpc) is 2.32. The van der Waals surface area contributed by atoms with E-state index in [2.05, 4.69) is 4.98 Å². The molecule has 2 rings (SSSR count). The standard InChI is InChI=1S/C12H11ClN2S/c13-9-1-3-11(4-2-9)16-12-5-6-15-10(7-12)8-14/h1-7H,8,14H2. The molecule has 82 valence electrons. The smallest absolute Gasteiger partial charge is 0.0550 e. The van der Waals surface area contributed by atoms with Gasteiger partial charge in [0.1, 0.15) is 0 Å². The second-order valence-electron chi connectivity index (χ2n) is 3.24. The molecule has 0 amide bonds. The molecule has 1 heterocycles. The summed E-state index contributed by atoms with van der Waals surface area (Å²) in [5.41, 5.74) is 6.44. The number of nitrogens with zero attached hydrogens (tertiary/aromatic N) is 1. The average molecular weight is 251 g/mol. The van der Waals surface area contributed by atoms with Gasteiger partial charge in [0, 0.05) is 27.6 Å². The molecule has 0 radical (unpaired) electrons. The normalized spacial score (nSPS) is 10.4. The van der Waals surface area contributed by atoms with E-state index in [9.17, 15) is 0 Å². The molecule has 0 saturated carbocycles. The van der Waals surface area contributed by atoms with Crippen LogP contribution < -0.4 is 5.73 Å². The van der Waals surface area contributed by atoms with E-state index < -0.39 is 0 Å². The zero-order valence-corrected chi connectivity index (χ0v) is 10.1. The summed E-state index contributed by atoms with van der Waals surface area (Å²) in [4.78, 5) is 6.44. The first kappa shape index (κ1) is 11.5. The van der Waals surface area contributed by atoms with Crippen LogP contribution in [0.5, 0.6) is 0 Å². The summed E-state index contributed by atoms with van der Waals surface area (Å²) in [6.07, 6.45) is 1.78. The van der Waals surface area contributed by atoms with Crippen molar-refractivity contribution in [3.8, 4) is 0 Å². The van der Waals surface area contributed by atoms with E-state index >= 15 is 0 Å². The molecular weight excluding hydrogens is 240 g/mol. The second kappa shape index (κ2) is 5.34. The first-order valence-electron chi connectivity index (χ1n) is 4.86. The number of hydrogen-bond acceptors (Lipinski definition) is 3. The molecule has 0 aliphatic carbocycles. The second-order valence-corrected chi connectivity index (χ2v) is 4.83. The van der Waals surface area contributed by atoms with E-state index in [4.69, 9.17) is 17.3 Å². The van der Waals surface area contributed by atoms with Gasteiger partial charge in [-0.25, -0.2) is 0 Å². The summed E-state index contributed by atoms with van der Waals surface area (Å²) in [5.74, 6) is 0. The van der Waals surface area contributed by atoms with E-state index in [1.54, 1.807) is 18.0 Å². The lowest BCUT2D eigenvalue weighted by atomic mass is 10.3. The van der Waals surface area contributed by atoms with Gasteiger partial charge in [0.15, 0.2) is 0 Å². The van der Waals surface area contributed by atoms with Crippen molar-refractivity contribution < 1.29 is 0 Å². The van der Waals surface area contributed by atoms with Crippen LogP contribution in [-0.4, -0.2) is 4.98 Å². The molecule has 0 unspecified atom stereocenters. The quantitative estimate of drug-likeness (QED) is 0.908. The lowest BCUT2D eigenvalue weighted by Gasteiger charge is -2.03. The summed E-state index contributed by atoms with van der Waals surface area (Å²) in [5, 5.41) is 0.752. The van der Waals surface area contributed by atoms with E-state index in [0.29, 0.717) is 6.54 Å². The van der Waals surface area contributed by atoms with Gasteiger partial charge in [-0.2, -0.15) is 0 Å². The van der Waals surface area contributed by atoms with E-state index in [1.807, 2.05) is 36.4 Å². The van der Waals surface area contributed by atoms with Crippen molar-refractivity contribution in [3.05, 3.63) is 53.3 Å². The maximum Gasteiger partial charge on any atom is 0.0550 e. The molecule has 2 N–H and O–H groups in total. The third kappa shape index (κ3) is 2.98. The Labute approximate surface area is 104 Å². The van der Waals surface area contributed by atoms with E-state index in [1.165, 1.54) is 0 Å². The Balaban J connectivity index is 2.16. The van der Waals surface area contributed by atoms with Crippen LogP contribution in [0, 0.1) is 0 Å². The fourth-order valence-corrected chi connectivity index (χ4v) is 2.26. The maximum absolute atomic E-state index is 5.83. The Morgan fingerprint density at radius 3 is 2.56 bits per heavy atom. The zero-order valence-electron chi connectivity index (χ0n) is 8.56. The largest absolute Gasteiger partial charge is 0.325 e. The van der Waals surface area contributed by atoms with Gasteiger partial charge in [-0.1, -0.05) is 23.4 Å². The zero-order chi connectivity index (χ0) is 11.4. The Kier molecular flexibility index (Phi) is 3.83. The van der Waals surface area contributed by atoms with Crippen molar-refractivity contribution in [2.75, 3.05) is 0 Å². The van der Waals surface area contributed by atoms with Crippen LogP contribution in [0.1, 0.15) is 5.69 Å². The molecule has 0 fully saturated rings. The highest BCUT2D eigenvalue weighted by atomic mass is 35.5. The van der Waals surface area contributed by atoms with Crippen molar-refractivity contribution in [3.63, 3.8) is 0 Å². The molecule has 0 bridgehead atoms. The fourth-order valence-electron chi connectivity index (χ4n) is 1.27. The highest BCUT2D eigenvalue weighted by Gasteiger charge is 1.99. The third-order valence-electron chi connectivity index (χ3n) is 2.05. The van der Waals surface area contributed by atoms with Crippen LogP contribution >= 0.6 is 23.4 Å². The molecule has 0 aliphatic rings. The van der Waals surface area contributed by atoms with Crippen LogP contribution in [0.3, 0.4) is 0 Å². The summed E-state index contributed by atoms with van der Waals surface area (Å²) >= 11 is 7.50. The first-order valence-corrected chi connectivity index (χ1v) is 6.06. The Morgan fingerprint density at radius 2 is 1.88 bits per heavy atom. The predicted octanol–water partition coefficient (Wildman–Crippen LogP) is 3.34. The fraction of sp³-hybridized carbons (Fsp3) is 0.0833. The topological polar surface area (TPSA) is 38.9 Å². The minimum absolute atomic E-state index is 0.467. The van der Waals surface area contributed by atoms with Crippen molar-refractivity contribution in [1.29, 1.82) is 0 Å². The monoisotopic (exact) mass is 250 g/mol. The van der Waals surface area contributed by atoms with E-state index in [0.717, 1.165) is 20.5 Å². The van der Waals surface area contributed by atoms with Crippen molar-refractivity contribution >= 4 is 23.4 Å². The van der Waals surface area contributed by atoms with Crippen molar-refractivity contribution in [2.45, 2.75) is 16.3 Å². The highest BCUT2D eigenvalue weighted by molar-refractivity contribution is 7.99. The number of aromatic nitrogens is 1. The lowest BCUT2D eigenvalue weighted by Crippen LogP contribution is -1.98. The van der Waals surface area contributed by atoms with Gasteiger partial charge in [0.2, 0.25) is 0 Å². The molecule has 1 aromatic heterocycles. The van der Waals surface area contributed by atoms with Crippen LogP contribution in [0.4, 0.5) is 0 Å².